The first-order chi connectivity index (χ1) is 9.17. The van der Waals surface area contributed by atoms with Gasteiger partial charge in [-0.1, -0.05) is 33.1 Å². The van der Waals surface area contributed by atoms with E-state index in [0.717, 1.165) is 24.2 Å². The Morgan fingerprint density at radius 3 is 2.89 bits per heavy atom. The van der Waals surface area contributed by atoms with E-state index in [2.05, 4.69) is 19.2 Å². The van der Waals surface area contributed by atoms with Crippen LogP contribution in [-0.4, -0.2) is 11.5 Å². The van der Waals surface area contributed by atoms with Gasteiger partial charge in [0.2, 0.25) is 0 Å². The van der Waals surface area contributed by atoms with Crippen molar-refractivity contribution in [2.45, 2.75) is 45.4 Å². The van der Waals surface area contributed by atoms with Crippen molar-refractivity contribution in [1.29, 1.82) is 0 Å². The van der Waals surface area contributed by atoms with Crippen molar-refractivity contribution in [3.05, 3.63) is 33.9 Å². The minimum atomic E-state index is -0.303. The number of benzene rings is 1. The molecule has 1 aromatic rings. The molecule has 19 heavy (non-hydrogen) atoms. The van der Waals surface area contributed by atoms with Gasteiger partial charge < -0.3 is 5.32 Å². The van der Waals surface area contributed by atoms with Gasteiger partial charge in [-0.2, -0.15) is 0 Å². The number of unbranched alkanes of at least 4 members (excludes halogenated alkanes) is 1. The van der Waals surface area contributed by atoms with E-state index in [1.165, 1.54) is 19.3 Å². The minimum absolute atomic E-state index is 0.206. The number of rotatable bonds is 6. The normalized spacial score (nSPS) is 18.7. The van der Waals surface area contributed by atoms with Gasteiger partial charge in [-0.05, 0) is 24.0 Å². The predicted octanol–water partition coefficient (Wildman–Crippen LogP) is 4.32. The van der Waals surface area contributed by atoms with Crippen LogP contribution < -0.4 is 5.32 Å². The monoisotopic (exact) mass is 262 g/mol. The second kappa shape index (κ2) is 6.04. The highest BCUT2D eigenvalue weighted by Crippen LogP contribution is 2.41. The van der Waals surface area contributed by atoms with Crippen LogP contribution in [-0.2, 0) is 0 Å². The molecule has 0 aromatic heterocycles. The summed E-state index contributed by atoms with van der Waals surface area (Å²) in [5.74, 6) is 1.04. The van der Waals surface area contributed by atoms with Crippen molar-refractivity contribution in [3.63, 3.8) is 0 Å². The molecule has 4 nitrogen and oxygen atoms in total. The first-order valence-electron chi connectivity index (χ1n) is 7.19. The Morgan fingerprint density at radius 2 is 2.26 bits per heavy atom. The Labute approximate surface area is 114 Å². The lowest BCUT2D eigenvalue weighted by atomic mass is 9.82. The van der Waals surface area contributed by atoms with Gasteiger partial charge in [0.05, 0.1) is 4.92 Å². The molecule has 1 aromatic carbocycles. The zero-order valence-electron chi connectivity index (χ0n) is 11.7. The number of anilines is 1. The number of hydrogen-bond acceptors (Lipinski definition) is 3. The lowest BCUT2D eigenvalue weighted by Crippen LogP contribution is -2.14. The van der Waals surface area contributed by atoms with Gasteiger partial charge in [0.25, 0.3) is 5.69 Å². The average molecular weight is 262 g/mol. The Balaban J connectivity index is 2.23. The zero-order chi connectivity index (χ0) is 13.8. The van der Waals surface area contributed by atoms with Crippen LogP contribution in [0.1, 0.15) is 51.0 Å². The molecule has 1 aliphatic rings. The maximum atomic E-state index is 10.9. The number of nitro benzene ring substituents is 1. The van der Waals surface area contributed by atoms with Crippen molar-refractivity contribution < 1.29 is 4.92 Å². The third-order valence-corrected chi connectivity index (χ3v) is 4.18. The third kappa shape index (κ3) is 2.88. The third-order valence-electron chi connectivity index (χ3n) is 4.18. The van der Waals surface area contributed by atoms with Crippen molar-refractivity contribution in [2.24, 2.45) is 5.92 Å². The van der Waals surface area contributed by atoms with Crippen LogP contribution in [0.25, 0.3) is 0 Å². The van der Waals surface area contributed by atoms with Crippen LogP contribution >= 0.6 is 0 Å². The summed E-state index contributed by atoms with van der Waals surface area (Å²) in [5, 5.41) is 14.3. The molecule has 2 unspecified atom stereocenters. The molecular weight excluding hydrogens is 240 g/mol. The summed E-state index contributed by atoms with van der Waals surface area (Å²) < 4.78 is 0. The molecule has 0 amide bonds. The Hall–Kier alpha value is -1.58. The Kier molecular flexibility index (Phi) is 4.40. The van der Waals surface area contributed by atoms with Gasteiger partial charge in [0, 0.05) is 30.3 Å². The van der Waals surface area contributed by atoms with E-state index < -0.39 is 0 Å². The van der Waals surface area contributed by atoms with Crippen molar-refractivity contribution in [1.82, 2.24) is 0 Å². The summed E-state index contributed by atoms with van der Waals surface area (Å²) in [6.45, 7) is 5.34. The van der Waals surface area contributed by atoms with Crippen LogP contribution in [0.3, 0.4) is 0 Å². The molecule has 0 fully saturated rings. The number of nitro groups is 1. The maximum absolute atomic E-state index is 10.9. The molecule has 2 rings (SSSR count). The molecule has 2 atom stereocenters. The van der Waals surface area contributed by atoms with Crippen LogP contribution in [0.15, 0.2) is 18.2 Å². The van der Waals surface area contributed by atoms with E-state index in [4.69, 9.17) is 0 Å². The highest BCUT2D eigenvalue weighted by molar-refractivity contribution is 5.61. The summed E-state index contributed by atoms with van der Waals surface area (Å²) >= 11 is 0. The summed E-state index contributed by atoms with van der Waals surface area (Å²) in [5.41, 5.74) is 2.42. The molecule has 0 radical (unpaired) electrons. The average Bonchev–Trinajstić information content (AvgIpc) is 2.83. The second-order valence-electron chi connectivity index (χ2n) is 5.33. The quantitative estimate of drug-likeness (QED) is 0.613. The fourth-order valence-electron chi connectivity index (χ4n) is 3.04. The van der Waals surface area contributed by atoms with Crippen molar-refractivity contribution in [2.75, 3.05) is 11.9 Å². The molecule has 1 aliphatic heterocycles. The minimum Gasteiger partial charge on any atom is -0.384 e. The lowest BCUT2D eigenvalue weighted by molar-refractivity contribution is -0.384. The first-order valence-corrected chi connectivity index (χ1v) is 7.19. The van der Waals surface area contributed by atoms with Crippen LogP contribution in [0.4, 0.5) is 11.4 Å². The van der Waals surface area contributed by atoms with Crippen molar-refractivity contribution >= 4 is 11.4 Å². The van der Waals surface area contributed by atoms with Crippen LogP contribution in [0.2, 0.25) is 0 Å². The predicted molar refractivity (Wildman–Crippen MR) is 77.6 cm³/mol. The van der Waals surface area contributed by atoms with Crippen molar-refractivity contribution in [3.8, 4) is 0 Å². The summed E-state index contributed by atoms with van der Waals surface area (Å²) in [6.07, 6.45) is 4.79. The van der Waals surface area contributed by atoms with E-state index >= 15 is 0 Å². The molecule has 0 bridgehead atoms. The molecule has 104 valence electrons. The molecule has 0 saturated carbocycles. The molecule has 0 aliphatic carbocycles. The molecule has 0 saturated heterocycles. The largest absolute Gasteiger partial charge is 0.384 e. The Morgan fingerprint density at radius 1 is 1.47 bits per heavy atom. The van der Waals surface area contributed by atoms with Gasteiger partial charge in [-0.3, -0.25) is 10.1 Å². The number of nitrogens with one attached hydrogen (secondary N) is 1. The Bertz CT molecular complexity index is 459. The summed E-state index contributed by atoms with van der Waals surface area (Å²) in [4.78, 5) is 10.6. The van der Waals surface area contributed by atoms with Gasteiger partial charge in [0.1, 0.15) is 0 Å². The zero-order valence-corrected chi connectivity index (χ0v) is 11.7. The molecule has 1 heterocycles. The fourth-order valence-corrected chi connectivity index (χ4v) is 3.04. The van der Waals surface area contributed by atoms with E-state index in [0.29, 0.717) is 11.8 Å². The number of hydrogen-bond donors (Lipinski definition) is 1. The summed E-state index contributed by atoms with van der Waals surface area (Å²) in [6, 6.07) is 5.19. The summed E-state index contributed by atoms with van der Waals surface area (Å²) in [7, 11) is 0. The topological polar surface area (TPSA) is 55.2 Å². The van der Waals surface area contributed by atoms with Gasteiger partial charge in [-0.25, -0.2) is 0 Å². The maximum Gasteiger partial charge on any atom is 0.269 e. The first kappa shape index (κ1) is 13.8. The number of fused-ring (bicyclic) bond motifs is 1. The van der Waals surface area contributed by atoms with Gasteiger partial charge in [0.15, 0.2) is 0 Å². The highest BCUT2D eigenvalue weighted by Gasteiger charge is 2.29. The molecule has 4 heteroatoms. The highest BCUT2D eigenvalue weighted by atomic mass is 16.6. The van der Waals surface area contributed by atoms with Crippen LogP contribution in [0, 0.1) is 16.0 Å². The van der Waals surface area contributed by atoms with Crippen LogP contribution in [0.5, 0.6) is 0 Å². The van der Waals surface area contributed by atoms with E-state index in [9.17, 15) is 10.1 Å². The van der Waals surface area contributed by atoms with Gasteiger partial charge in [-0.15, -0.1) is 0 Å². The second-order valence-corrected chi connectivity index (χ2v) is 5.33. The number of non-ortho nitro benzene ring substituents is 1. The molecule has 1 N–H and O–H groups in total. The van der Waals surface area contributed by atoms with E-state index in [-0.39, 0.29) is 10.6 Å². The fraction of sp³-hybridized carbons (Fsp3) is 0.600. The molecular formula is C15H22N2O2. The SMILES string of the molecule is CCCCC(CC)C1CNc2ccc([N+](=O)[O-])cc21. The smallest absolute Gasteiger partial charge is 0.269 e. The lowest BCUT2D eigenvalue weighted by Gasteiger charge is -2.22. The number of nitrogens with zero attached hydrogens (tertiary/aromatic N) is 1. The molecule has 0 spiro atoms. The standard InChI is InChI=1S/C15H22N2O2/c1-3-5-6-11(4-2)14-10-16-15-8-7-12(17(18)19)9-13(14)15/h7-9,11,14,16H,3-6,10H2,1-2H3. The van der Waals surface area contributed by atoms with E-state index in [1.807, 2.05) is 6.07 Å². The van der Waals surface area contributed by atoms with E-state index in [1.54, 1.807) is 12.1 Å². The van der Waals surface area contributed by atoms with Gasteiger partial charge >= 0.3 is 0 Å².